The zero-order chi connectivity index (χ0) is 23.1. The lowest BCUT2D eigenvalue weighted by Gasteiger charge is -1.99. The number of aromatic nitrogens is 4. The lowest BCUT2D eigenvalue weighted by atomic mass is 10.2. The minimum absolute atomic E-state index is 0. The van der Waals surface area contributed by atoms with Gasteiger partial charge in [-0.1, -0.05) is 35.4 Å². The molecule has 0 saturated heterocycles. The molecule has 0 radical (unpaired) electrons. The van der Waals surface area contributed by atoms with Crippen LogP contribution in [0.5, 0.6) is 0 Å². The average molecular weight is 508 g/mol. The third-order valence-corrected chi connectivity index (χ3v) is 4.67. The number of hydrogen-bond donors (Lipinski definition) is 4. The second kappa shape index (κ2) is 12.1. The van der Waals surface area contributed by atoms with E-state index in [2.05, 4.69) is 37.6 Å². The van der Waals surface area contributed by atoms with Gasteiger partial charge >= 0.3 is 0 Å². The van der Waals surface area contributed by atoms with Gasteiger partial charge in [0.2, 0.25) is 11.8 Å². The highest BCUT2D eigenvalue weighted by Gasteiger charge is 2.09. The summed E-state index contributed by atoms with van der Waals surface area (Å²) in [5.41, 5.74) is 1.59. The fourth-order valence-electron chi connectivity index (χ4n) is 2.80. The van der Waals surface area contributed by atoms with Crippen molar-refractivity contribution in [2.75, 3.05) is 10.6 Å². The summed E-state index contributed by atoms with van der Waals surface area (Å²) in [6.07, 6.45) is 4.92. The van der Waals surface area contributed by atoms with Gasteiger partial charge in [-0.3, -0.25) is 19.8 Å². The molecule has 2 aromatic carbocycles. The zero-order valence-electron chi connectivity index (χ0n) is 17.5. The summed E-state index contributed by atoms with van der Waals surface area (Å²) in [6.45, 7) is 5.28. The Morgan fingerprint density at radius 1 is 0.970 bits per heavy atom. The van der Waals surface area contributed by atoms with E-state index < -0.39 is 0 Å². The summed E-state index contributed by atoms with van der Waals surface area (Å²) in [5.74, 6) is 0.678. The quantitative estimate of drug-likeness (QED) is 0.199. The summed E-state index contributed by atoms with van der Waals surface area (Å²) in [5, 5.41) is 21.9. The molecule has 0 spiro atoms. The Balaban J connectivity index is 0.000000227. The Hall–Kier alpha value is -3.33. The Morgan fingerprint density at radius 2 is 1.48 bits per heavy atom. The maximum atomic E-state index is 11.4. The number of amides is 2. The second-order valence-electron chi connectivity index (χ2n) is 6.55. The maximum absolute atomic E-state index is 11.4. The van der Waals surface area contributed by atoms with E-state index in [1.807, 2.05) is 12.1 Å². The number of fused-ring (bicyclic) bond motifs is 2. The molecule has 4 N–H and O–H groups in total. The summed E-state index contributed by atoms with van der Waals surface area (Å²) in [6, 6.07) is 10.6. The van der Waals surface area contributed by atoms with Gasteiger partial charge in [0.25, 0.3) is 0 Å². The van der Waals surface area contributed by atoms with Crippen molar-refractivity contribution >= 4 is 80.9 Å². The van der Waals surface area contributed by atoms with Crippen LogP contribution in [-0.4, -0.2) is 32.2 Å². The van der Waals surface area contributed by atoms with Crippen molar-refractivity contribution in [3.63, 3.8) is 0 Å². The molecule has 0 aliphatic rings. The van der Waals surface area contributed by atoms with E-state index >= 15 is 0 Å². The van der Waals surface area contributed by atoms with Crippen molar-refractivity contribution < 1.29 is 9.59 Å². The van der Waals surface area contributed by atoms with Gasteiger partial charge in [0, 0.05) is 27.2 Å². The van der Waals surface area contributed by atoms with Gasteiger partial charge in [0.1, 0.15) is 0 Å². The second-order valence-corrected chi connectivity index (χ2v) is 7.43. The number of benzene rings is 2. The molecular formula is C22H21Cl3N6O2. The van der Waals surface area contributed by atoms with Crippen LogP contribution in [0.15, 0.2) is 61.2 Å². The minimum Gasteiger partial charge on any atom is -0.308 e. The highest BCUT2D eigenvalue weighted by Crippen LogP contribution is 2.24. The minimum atomic E-state index is -0.203. The first-order valence-electron chi connectivity index (χ1n) is 9.53. The van der Waals surface area contributed by atoms with Crippen LogP contribution in [0.1, 0.15) is 13.3 Å². The summed E-state index contributed by atoms with van der Waals surface area (Å²) < 4.78 is 0. The first-order chi connectivity index (χ1) is 15.4. The van der Waals surface area contributed by atoms with Crippen LogP contribution >= 0.6 is 35.6 Å². The summed E-state index contributed by atoms with van der Waals surface area (Å²) >= 11 is 11.7. The number of allylic oxidation sites excluding steroid dienone is 1. The van der Waals surface area contributed by atoms with Gasteiger partial charge in [-0.25, -0.2) is 0 Å². The van der Waals surface area contributed by atoms with Gasteiger partial charge in [-0.15, -0.1) is 19.0 Å². The first kappa shape index (κ1) is 25.9. The van der Waals surface area contributed by atoms with Gasteiger partial charge in [-0.2, -0.15) is 10.2 Å². The Bertz CT molecular complexity index is 1310. The molecule has 33 heavy (non-hydrogen) atoms. The van der Waals surface area contributed by atoms with E-state index in [9.17, 15) is 9.59 Å². The molecule has 0 unspecified atom stereocenters. The number of halogens is 3. The van der Waals surface area contributed by atoms with Gasteiger partial charge in [0.05, 0.1) is 11.0 Å². The van der Waals surface area contributed by atoms with Crippen LogP contribution in [0.3, 0.4) is 0 Å². The van der Waals surface area contributed by atoms with Crippen molar-refractivity contribution in [1.29, 1.82) is 0 Å². The first-order valence-corrected chi connectivity index (χ1v) is 10.3. The third kappa shape index (κ3) is 6.82. The number of rotatable bonds is 5. The van der Waals surface area contributed by atoms with Crippen molar-refractivity contribution in [2.24, 2.45) is 0 Å². The third-order valence-electron chi connectivity index (χ3n) is 4.20. The van der Waals surface area contributed by atoms with Crippen LogP contribution in [0.4, 0.5) is 11.6 Å². The highest BCUT2D eigenvalue weighted by molar-refractivity contribution is 6.31. The molecule has 0 aliphatic heterocycles. The smallest absolute Gasteiger partial charge is 0.249 e. The Kier molecular flexibility index (Phi) is 9.47. The van der Waals surface area contributed by atoms with E-state index in [1.54, 1.807) is 43.3 Å². The average Bonchev–Trinajstić information content (AvgIpc) is 3.32. The van der Waals surface area contributed by atoms with E-state index in [4.69, 9.17) is 23.2 Å². The van der Waals surface area contributed by atoms with Crippen LogP contribution in [0.25, 0.3) is 21.8 Å². The number of carbonyl (C=O) groups excluding carboxylic acids is 2. The lowest BCUT2D eigenvalue weighted by molar-refractivity contribution is -0.115. The van der Waals surface area contributed by atoms with Crippen molar-refractivity contribution in [2.45, 2.75) is 13.3 Å². The van der Waals surface area contributed by atoms with Gasteiger partial charge < -0.3 is 10.6 Å². The molecule has 0 aliphatic carbocycles. The Labute approximate surface area is 205 Å². The molecule has 0 fully saturated rings. The summed E-state index contributed by atoms with van der Waals surface area (Å²) in [7, 11) is 0. The van der Waals surface area contributed by atoms with Crippen LogP contribution < -0.4 is 10.6 Å². The van der Waals surface area contributed by atoms with E-state index in [-0.39, 0.29) is 30.6 Å². The molecule has 0 atom stereocenters. The predicted octanol–water partition coefficient (Wildman–Crippen LogP) is 5.88. The molecule has 0 saturated carbocycles. The molecule has 11 heteroatoms. The molecule has 2 amide bonds. The van der Waals surface area contributed by atoms with Crippen LogP contribution in [0, 0.1) is 0 Å². The predicted molar refractivity (Wildman–Crippen MR) is 136 cm³/mol. The summed E-state index contributed by atoms with van der Waals surface area (Å²) in [4.78, 5) is 22.7. The molecule has 172 valence electrons. The number of nitrogens with one attached hydrogen (secondary N) is 4. The van der Waals surface area contributed by atoms with Gasteiger partial charge in [0.15, 0.2) is 11.6 Å². The molecule has 0 bridgehead atoms. The zero-order valence-corrected chi connectivity index (χ0v) is 19.8. The number of hydrogen-bond acceptors (Lipinski definition) is 4. The molecule has 4 aromatic rings. The Morgan fingerprint density at radius 3 is 1.97 bits per heavy atom. The molecule has 2 aromatic heterocycles. The van der Waals surface area contributed by atoms with Crippen molar-refractivity contribution in [3.8, 4) is 0 Å². The number of nitrogens with zero attached hydrogens (tertiary/aromatic N) is 2. The molecule has 4 rings (SSSR count). The number of anilines is 2. The highest BCUT2D eigenvalue weighted by atomic mass is 35.5. The van der Waals surface area contributed by atoms with Crippen LogP contribution in [0.2, 0.25) is 10.0 Å². The monoisotopic (exact) mass is 506 g/mol. The standard InChI is InChI=1S/2C11H10ClN3O.ClH/c2*1-2-3-10(16)13-11-8-5-4-7(12)6-9(8)14-15-11;/h2-6H,1H3,(H2,13,14,15,16);2,4-6H,1,3H2,(H2,13,14,15,16);1H/b3-2+;;. The largest absolute Gasteiger partial charge is 0.308 e. The fraction of sp³-hybridized carbons (Fsp3) is 0.0909. The topological polar surface area (TPSA) is 116 Å². The number of carbonyl (C=O) groups is 2. The van der Waals surface area contributed by atoms with E-state index in [0.29, 0.717) is 21.7 Å². The van der Waals surface area contributed by atoms with Crippen molar-refractivity contribution in [3.05, 3.63) is 71.3 Å². The SMILES string of the molecule is C/C=C/C(=O)Nc1n[nH]c2cc(Cl)ccc12.C=CCC(=O)Nc1n[nH]c2cc(Cl)ccc12.Cl. The number of H-pyrrole nitrogens is 2. The van der Waals surface area contributed by atoms with Crippen molar-refractivity contribution in [1.82, 2.24) is 20.4 Å². The fourth-order valence-corrected chi connectivity index (χ4v) is 3.14. The lowest BCUT2D eigenvalue weighted by Crippen LogP contribution is -2.10. The van der Waals surface area contributed by atoms with Gasteiger partial charge in [-0.05, 0) is 49.4 Å². The number of aromatic amines is 2. The maximum Gasteiger partial charge on any atom is 0.249 e. The molecule has 8 nitrogen and oxygen atoms in total. The van der Waals surface area contributed by atoms with E-state index in [1.165, 1.54) is 6.08 Å². The molecular weight excluding hydrogens is 487 g/mol. The van der Waals surface area contributed by atoms with E-state index in [0.717, 1.165) is 21.8 Å². The van der Waals surface area contributed by atoms with Crippen LogP contribution in [-0.2, 0) is 9.59 Å². The molecule has 2 heterocycles. The normalized spacial score (nSPS) is 10.4.